The summed E-state index contributed by atoms with van der Waals surface area (Å²) in [5, 5.41) is 6.80. The minimum atomic E-state index is 0.563. The maximum atomic E-state index is 5.57. The Kier molecular flexibility index (Phi) is 7.88. The fourth-order valence-electron chi connectivity index (χ4n) is 1.97. The molecule has 0 aromatic heterocycles. The van der Waals surface area contributed by atoms with Crippen LogP contribution in [0, 0.1) is 0 Å². The van der Waals surface area contributed by atoms with Crippen LogP contribution in [0.5, 0.6) is 0 Å². The summed E-state index contributed by atoms with van der Waals surface area (Å²) in [7, 11) is 0. The van der Waals surface area contributed by atoms with Gasteiger partial charge in [-0.15, -0.1) is 0 Å². The van der Waals surface area contributed by atoms with Crippen LogP contribution >= 0.6 is 0 Å². The topological polar surface area (TPSA) is 33.3 Å². The van der Waals surface area contributed by atoms with Crippen molar-refractivity contribution in [1.82, 2.24) is 10.6 Å². The first kappa shape index (κ1) is 12.9. The zero-order chi connectivity index (χ0) is 10.8. The first-order valence-electron chi connectivity index (χ1n) is 6.46. The summed E-state index contributed by atoms with van der Waals surface area (Å²) < 4.78 is 5.57. The van der Waals surface area contributed by atoms with Crippen LogP contribution in [0.4, 0.5) is 0 Å². The van der Waals surface area contributed by atoms with E-state index in [1.54, 1.807) is 0 Å². The molecule has 1 fully saturated rings. The molecule has 1 unspecified atom stereocenters. The smallest absolute Gasteiger partial charge is 0.0576 e. The van der Waals surface area contributed by atoms with E-state index >= 15 is 0 Å². The molecule has 1 atom stereocenters. The van der Waals surface area contributed by atoms with Gasteiger partial charge in [-0.3, -0.25) is 0 Å². The van der Waals surface area contributed by atoms with E-state index in [1.807, 2.05) is 0 Å². The summed E-state index contributed by atoms with van der Waals surface area (Å²) in [4.78, 5) is 0. The summed E-state index contributed by atoms with van der Waals surface area (Å²) in [5.41, 5.74) is 0. The predicted molar refractivity (Wildman–Crippen MR) is 64.2 cm³/mol. The van der Waals surface area contributed by atoms with Crippen LogP contribution in [0.2, 0.25) is 0 Å². The van der Waals surface area contributed by atoms with Gasteiger partial charge >= 0.3 is 0 Å². The summed E-state index contributed by atoms with van der Waals surface area (Å²) in [6.45, 7) is 7.63. The molecular weight excluding hydrogens is 188 g/mol. The molecule has 15 heavy (non-hydrogen) atoms. The molecule has 2 N–H and O–H groups in total. The lowest BCUT2D eigenvalue weighted by Gasteiger charge is -2.09. The Morgan fingerprint density at radius 3 is 2.67 bits per heavy atom. The minimum absolute atomic E-state index is 0.563. The number of ether oxygens (including phenoxy) is 1. The van der Waals surface area contributed by atoms with Gasteiger partial charge in [0.15, 0.2) is 0 Å². The molecule has 3 nitrogen and oxygen atoms in total. The van der Waals surface area contributed by atoms with Crippen molar-refractivity contribution in [3.05, 3.63) is 0 Å². The van der Waals surface area contributed by atoms with E-state index in [-0.39, 0.29) is 0 Å². The Morgan fingerprint density at radius 1 is 1.13 bits per heavy atom. The van der Waals surface area contributed by atoms with Crippen LogP contribution in [0.15, 0.2) is 0 Å². The van der Waals surface area contributed by atoms with E-state index in [1.165, 1.54) is 32.1 Å². The molecule has 0 spiro atoms. The summed E-state index contributed by atoms with van der Waals surface area (Å²) in [6.07, 6.45) is 6.83. The van der Waals surface area contributed by atoms with Crippen LogP contribution in [0.25, 0.3) is 0 Å². The van der Waals surface area contributed by atoms with E-state index in [4.69, 9.17) is 4.74 Å². The molecule has 0 amide bonds. The molecule has 90 valence electrons. The monoisotopic (exact) mass is 214 g/mol. The molecule has 1 rings (SSSR count). The van der Waals surface area contributed by atoms with E-state index in [9.17, 15) is 0 Å². The number of hydrogen-bond acceptors (Lipinski definition) is 3. The van der Waals surface area contributed by atoms with Crippen molar-refractivity contribution in [2.75, 3.05) is 32.8 Å². The van der Waals surface area contributed by atoms with Crippen LogP contribution in [0.1, 0.15) is 39.0 Å². The summed E-state index contributed by atoms with van der Waals surface area (Å²) >= 11 is 0. The van der Waals surface area contributed by atoms with Crippen LogP contribution in [-0.2, 0) is 4.74 Å². The van der Waals surface area contributed by atoms with Crippen molar-refractivity contribution in [2.24, 2.45) is 0 Å². The molecule has 0 saturated carbocycles. The summed E-state index contributed by atoms with van der Waals surface area (Å²) in [5.74, 6) is 0. The van der Waals surface area contributed by atoms with Crippen LogP contribution < -0.4 is 10.6 Å². The standard InChI is InChI=1S/C12H26N2O/c1-2-13-9-5-10-14-8-3-6-12-7-4-11-15-12/h12-14H,2-11H2,1H3. The summed E-state index contributed by atoms with van der Waals surface area (Å²) in [6, 6.07) is 0. The van der Waals surface area contributed by atoms with Gasteiger partial charge in [0.1, 0.15) is 0 Å². The van der Waals surface area contributed by atoms with Gasteiger partial charge in [-0.1, -0.05) is 6.92 Å². The Morgan fingerprint density at radius 2 is 1.93 bits per heavy atom. The molecule has 1 heterocycles. The largest absolute Gasteiger partial charge is 0.378 e. The first-order chi connectivity index (χ1) is 7.43. The maximum absolute atomic E-state index is 5.57. The van der Waals surface area contributed by atoms with Crippen molar-refractivity contribution in [1.29, 1.82) is 0 Å². The SMILES string of the molecule is CCNCCCNCCCC1CCCO1. The third-order valence-corrected chi connectivity index (χ3v) is 2.86. The number of rotatable bonds is 9. The second kappa shape index (κ2) is 9.13. The van der Waals surface area contributed by atoms with Crippen molar-refractivity contribution in [2.45, 2.75) is 45.1 Å². The average Bonchev–Trinajstić information content (AvgIpc) is 2.75. The maximum Gasteiger partial charge on any atom is 0.0576 e. The lowest BCUT2D eigenvalue weighted by molar-refractivity contribution is 0.102. The number of nitrogens with one attached hydrogen (secondary N) is 2. The molecule has 1 aliphatic heterocycles. The predicted octanol–water partition coefficient (Wildman–Crippen LogP) is 1.53. The molecule has 0 radical (unpaired) electrons. The molecule has 0 aromatic rings. The lowest BCUT2D eigenvalue weighted by Crippen LogP contribution is -2.23. The average molecular weight is 214 g/mol. The van der Waals surface area contributed by atoms with Crippen LogP contribution in [-0.4, -0.2) is 38.9 Å². The molecule has 1 saturated heterocycles. The molecule has 3 heteroatoms. The molecule has 1 aliphatic rings. The van der Waals surface area contributed by atoms with Crippen molar-refractivity contribution < 1.29 is 4.74 Å². The normalized spacial score (nSPS) is 21.0. The molecule has 0 bridgehead atoms. The first-order valence-corrected chi connectivity index (χ1v) is 6.46. The molecule has 0 aliphatic carbocycles. The highest BCUT2D eigenvalue weighted by atomic mass is 16.5. The highest BCUT2D eigenvalue weighted by Gasteiger charge is 2.13. The van der Waals surface area contributed by atoms with E-state index in [2.05, 4.69) is 17.6 Å². The van der Waals surface area contributed by atoms with Crippen molar-refractivity contribution >= 4 is 0 Å². The Bertz CT molecular complexity index is 136. The van der Waals surface area contributed by atoms with Crippen molar-refractivity contribution in [3.8, 4) is 0 Å². The fourth-order valence-corrected chi connectivity index (χ4v) is 1.97. The molecule has 0 aromatic carbocycles. The van der Waals surface area contributed by atoms with Gasteiger partial charge in [0, 0.05) is 6.61 Å². The lowest BCUT2D eigenvalue weighted by atomic mass is 10.1. The van der Waals surface area contributed by atoms with Gasteiger partial charge in [0.05, 0.1) is 6.10 Å². The third-order valence-electron chi connectivity index (χ3n) is 2.86. The van der Waals surface area contributed by atoms with E-state index in [0.29, 0.717) is 6.10 Å². The second-order valence-corrected chi connectivity index (χ2v) is 4.23. The highest BCUT2D eigenvalue weighted by molar-refractivity contribution is 4.65. The van der Waals surface area contributed by atoms with Gasteiger partial charge in [-0.05, 0) is 58.3 Å². The van der Waals surface area contributed by atoms with Gasteiger partial charge in [0.25, 0.3) is 0 Å². The van der Waals surface area contributed by atoms with Crippen LogP contribution in [0.3, 0.4) is 0 Å². The van der Waals surface area contributed by atoms with Gasteiger partial charge in [-0.2, -0.15) is 0 Å². The Balaban J connectivity index is 1.73. The fraction of sp³-hybridized carbons (Fsp3) is 1.00. The van der Waals surface area contributed by atoms with E-state index < -0.39 is 0 Å². The Hall–Kier alpha value is -0.120. The van der Waals surface area contributed by atoms with Gasteiger partial charge in [-0.25, -0.2) is 0 Å². The number of hydrogen-bond donors (Lipinski definition) is 2. The Labute approximate surface area is 94.0 Å². The van der Waals surface area contributed by atoms with Crippen molar-refractivity contribution in [3.63, 3.8) is 0 Å². The minimum Gasteiger partial charge on any atom is -0.378 e. The molecular formula is C12H26N2O. The quantitative estimate of drug-likeness (QED) is 0.571. The highest BCUT2D eigenvalue weighted by Crippen LogP contribution is 2.16. The van der Waals surface area contributed by atoms with E-state index in [0.717, 1.165) is 32.8 Å². The van der Waals surface area contributed by atoms with Gasteiger partial charge < -0.3 is 15.4 Å². The zero-order valence-corrected chi connectivity index (χ0v) is 10.1. The van der Waals surface area contributed by atoms with Gasteiger partial charge in [0.2, 0.25) is 0 Å². The second-order valence-electron chi connectivity index (χ2n) is 4.23. The zero-order valence-electron chi connectivity index (χ0n) is 10.1. The third kappa shape index (κ3) is 6.88.